The fourth-order valence-corrected chi connectivity index (χ4v) is 8.15. The molecule has 7 nitrogen and oxygen atoms in total. The number of anilines is 1. The number of carbonyl (C=O) groups excluding carboxylic acids is 4. The largest absolute Gasteiger partial charge is 0.332 e. The summed E-state index contributed by atoms with van der Waals surface area (Å²) in [5, 5.41) is 1.04. The van der Waals surface area contributed by atoms with Gasteiger partial charge in [0.05, 0.1) is 23.6 Å². The Morgan fingerprint density at radius 3 is 2.12 bits per heavy atom. The number of carbonyl (C=O) groups is 4. The van der Waals surface area contributed by atoms with Crippen molar-refractivity contribution in [2.75, 3.05) is 4.90 Å². The van der Waals surface area contributed by atoms with Crippen LogP contribution in [0.1, 0.15) is 54.8 Å². The molecule has 0 bridgehead atoms. The number of benzene rings is 3. The standard InChI is InChI=1S/C34H31Cl2N3O4/c1-20-6-5-9-26(18-20)38-32(42)34(19-21-10-14-23(35)15-11-21)28-27(30(40)37(31(28)41)25-7-3-2-4-8-25)29(39(34)33(38)43)22-12-16-24(36)17-13-22/h5-6,9-18,25,27-29H,2-4,7-8,19H2,1H3/t27-,28-,29-,34-/m1/s1. The molecule has 0 unspecified atom stereocenters. The predicted molar refractivity (Wildman–Crippen MR) is 164 cm³/mol. The molecule has 5 amide bonds. The third-order valence-electron chi connectivity index (χ3n) is 9.72. The third-order valence-corrected chi connectivity index (χ3v) is 10.2. The van der Waals surface area contributed by atoms with E-state index in [1.54, 1.807) is 59.5 Å². The topological polar surface area (TPSA) is 78.0 Å². The van der Waals surface area contributed by atoms with E-state index in [4.69, 9.17) is 23.2 Å². The summed E-state index contributed by atoms with van der Waals surface area (Å²) in [5.41, 5.74) is 1.12. The summed E-state index contributed by atoms with van der Waals surface area (Å²) in [6.07, 6.45) is 4.52. The molecule has 7 rings (SSSR count). The lowest BCUT2D eigenvalue weighted by Crippen LogP contribution is -2.56. The van der Waals surface area contributed by atoms with E-state index < -0.39 is 35.4 Å². The summed E-state index contributed by atoms with van der Waals surface area (Å²) in [6, 6.07) is 19.7. The fourth-order valence-electron chi connectivity index (χ4n) is 7.90. The van der Waals surface area contributed by atoms with Gasteiger partial charge >= 0.3 is 6.03 Å². The van der Waals surface area contributed by atoms with E-state index in [1.165, 1.54) is 9.80 Å². The van der Waals surface area contributed by atoms with Crippen molar-refractivity contribution in [2.24, 2.45) is 11.8 Å². The van der Waals surface area contributed by atoms with Crippen LogP contribution in [-0.4, -0.2) is 45.1 Å². The number of likely N-dealkylation sites (tertiary alicyclic amines) is 1. The van der Waals surface area contributed by atoms with E-state index in [0.29, 0.717) is 21.3 Å². The summed E-state index contributed by atoms with van der Waals surface area (Å²) in [5.74, 6) is -3.07. The van der Waals surface area contributed by atoms with Crippen LogP contribution in [0.15, 0.2) is 72.8 Å². The van der Waals surface area contributed by atoms with Gasteiger partial charge in [-0.3, -0.25) is 19.3 Å². The maximum atomic E-state index is 14.9. The van der Waals surface area contributed by atoms with E-state index in [2.05, 4.69) is 0 Å². The Morgan fingerprint density at radius 2 is 1.47 bits per heavy atom. The first kappa shape index (κ1) is 28.1. The van der Waals surface area contributed by atoms with Crippen LogP contribution in [0.3, 0.4) is 0 Å². The fraction of sp³-hybridized carbons (Fsp3) is 0.353. The zero-order valence-corrected chi connectivity index (χ0v) is 25.2. The van der Waals surface area contributed by atoms with Crippen molar-refractivity contribution in [3.63, 3.8) is 0 Å². The summed E-state index contributed by atoms with van der Waals surface area (Å²) in [7, 11) is 0. The van der Waals surface area contributed by atoms with E-state index in [-0.39, 0.29) is 24.3 Å². The Labute approximate surface area is 260 Å². The highest BCUT2D eigenvalue weighted by Gasteiger charge is 2.77. The lowest BCUT2D eigenvalue weighted by Gasteiger charge is -2.37. The monoisotopic (exact) mass is 615 g/mol. The second-order valence-electron chi connectivity index (χ2n) is 12.2. The molecule has 9 heteroatoms. The third kappa shape index (κ3) is 4.23. The molecular weight excluding hydrogens is 585 g/mol. The highest BCUT2D eigenvalue weighted by molar-refractivity contribution is 6.31. The van der Waals surface area contributed by atoms with Crippen molar-refractivity contribution in [3.8, 4) is 0 Å². The summed E-state index contributed by atoms with van der Waals surface area (Å²) < 4.78 is 0. The number of halogens is 2. The van der Waals surface area contributed by atoms with Crippen LogP contribution >= 0.6 is 23.2 Å². The van der Waals surface area contributed by atoms with E-state index in [9.17, 15) is 19.2 Å². The maximum absolute atomic E-state index is 14.9. The first-order valence-corrected chi connectivity index (χ1v) is 15.6. The molecule has 0 radical (unpaired) electrons. The molecule has 3 aromatic carbocycles. The molecule has 4 atom stereocenters. The van der Waals surface area contributed by atoms with Gasteiger partial charge in [0.2, 0.25) is 11.8 Å². The Hall–Kier alpha value is -3.68. The molecule has 3 aliphatic heterocycles. The smallest absolute Gasteiger partial charge is 0.300 e. The zero-order valence-electron chi connectivity index (χ0n) is 23.7. The molecule has 0 spiro atoms. The number of nitrogens with zero attached hydrogens (tertiary/aromatic N) is 3. The summed E-state index contributed by atoms with van der Waals surface area (Å²) in [4.78, 5) is 62.8. The number of aryl methyl sites for hydroxylation is 1. The van der Waals surface area contributed by atoms with Crippen molar-refractivity contribution < 1.29 is 19.2 Å². The van der Waals surface area contributed by atoms with Crippen LogP contribution in [0.2, 0.25) is 10.0 Å². The predicted octanol–water partition coefficient (Wildman–Crippen LogP) is 6.74. The molecule has 43 heavy (non-hydrogen) atoms. The highest BCUT2D eigenvalue weighted by atomic mass is 35.5. The van der Waals surface area contributed by atoms with Gasteiger partial charge in [-0.1, -0.05) is 78.9 Å². The van der Waals surface area contributed by atoms with Gasteiger partial charge in [0, 0.05) is 22.5 Å². The van der Waals surface area contributed by atoms with E-state index in [1.807, 2.05) is 25.1 Å². The first-order chi connectivity index (χ1) is 20.7. The average Bonchev–Trinajstić information content (AvgIpc) is 3.52. The number of amides is 5. The second kappa shape index (κ2) is 10.5. The lowest BCUT2D eigenvalue weighted by atomic mass is 9.75. The molecule has 220 valence electrons. The number of hydrogen-bond acceptors (Lipinski definition) is 4. The quantitative estimate of drug-likeness (QED) is 0.235. The van der Waals surface area contributed by atoms with Crippen LogP contribution in [0.25, 0.3) is 0 Å². The second-order valence-corrected chi connectivity index (χ2v) is 13.1. The molecule has 0 aromatic heterocycles. The SMILES string of the molecule is Cc1cccc(N2C(=O)N3[C@H](c4ccc(Cl)cc4)[C@@H]4C(=O)N(C5CCCCC5)C(=O)[C@@H]4[C@]3(Cc3ccc(Cl)cc3)C2=O)c1. The average molecular weight is 617 g/mol. The highest BCUT2D eigenvalue weighted by Crippen LogP contribution is 2.60. The number of imide groups is 2. The summed E-state index contributed by atoms with van der Waals surface area (Å²) >= 11 is 12.5. The normalized spacial score (nSPS) is 27.3. The molecule has 3 aromatic rings. The van der Waals surface area contributed by atoms with Crippen LogP contribution in [0.4, 0.5) is 10.5 Å². The molecule has 3 saturated heterocycles. The van der Waals surface area contributed by atoms with Gasteiger partial charge in [0.25, 0.3) is 5.91 Å². The van der Waals surface area contributed by atoms with Crippen molar-refractivity contribution in [1.29, 1.82) is 0 Å². The molecular formula is C34H31Cl2N3O4. The Bertz CT molecular complexity index is 1640. The number of rotatable bonds is 5. The van der Waals surface area contributed by atoms with Crippen molar-refractivity contribution in [3.05, 3.63) is 99.5 Å². The van der Waals surface area contributed by atoms with Crippen molar-refractivity contribution >= 4 is 52.6 Å². The van der Waals surface area contributed by atoms with Gasteiger partial charge in [-0.2, -0.15) is 0 Å². The number of hydrogen-bond donors (Lipinski definition) is 0. The molecule has 4 aliphatic rings. The molecule has 4 fully saturated rings. The minimum atomic E-state index is -1.61. The molecule has 1 aliphatic carbocycles. The molecule has 3 heterocycles. The van der Waals surface area contributed by atoms with Gasteiger partial charge in [0.15, 0.2) is 0 Å². The van der Waals surface area contributed by atoms with Gasteiger partial charge in [-0.15, -0.1) is 0 Å². The summed E-state index contributed by atoms with van der Waals surface area (Å²) in [6.45, 7) is 1.90. The first-order valence-electron chi connectivity index (χ1n) is 14.8. The minimum absolute atomic E-state index is 0.0693. The zero-order chi connectivity index (χ0) is 30.0. The van der Waals surface area contributed by atoms with Crippen LogP contribution in [-0.2, 0) is 20.8 Å². The Kier molecular flexibility index (Phi) is 6.86. The Morgan fingerprint density at radius 1 is 0.814 bits per heavy atom. The van der Waals surface area contributed by atoms with E-state index in [0.717, 1.165) is 43.2 Å². The van der Waals surface area contributed by atoms with Crippen molar-refractivity contribution in [1.82, 2.24) is 9.80 Å². The molecule has 1 saturated carbocycles. The van der Waals surface area contributed by atoms with E-state index >= 15 is 0 Å². The molecule has 0 N–H and O–H groups in total. The van der Waals surface area contributed by atoms with Gasteiger partial charge < -0.3 is 4.90 Å². The maximum Gasteiger partial charge on any atom is 0.332 e. The van der Waals surface area contributed by atoms with Crippen LogP contribution < -0.4 is 4.90 Å². The van der Waals surface area contributed by atoms with Crippen LogP contribution in [0.5, 0.6) is 0 Å². The number of urea groups is 1. The van der Waals surface area contributed by atoms with Crippen LogP contribution in [0, 0.1) is 18.8 Å². The minimum Gasteiger partial charge on any atom is -0.300 e. The number of fused-ring (bicyclic) bond motifs is 3. The lowest BCUT2D eigenvalue weighted by molar-refractivity contribution is -0.147. The van der Waals surface area contributed by atoms with Crippen molar-refractivity contribution in [2.45, 2.75) is 63.1 Å². The Balaban J connectivity index is 1.45. The van der Waals surface area contributed by atoms with Gasteiger partial charge in [-0.05, 0) is 72.9 Å². The van der Waals surface area contributed by atoms with Gasteiger partial charge in [0.1, 0.15) is 5.54 Å². The van der Waals surface area contributed by atoms with Gasteiger partial charge in [-0.25, -0.2) is 9.69 Å².